The summed E-state index contributed by atoms with van der Waals surface area (Å²) in [5.41, 5.74) is 8.89. The first-order chi connectivity index (χ1) is 9.50. The molecule has 112 valence electrons. The third-order valence-corrected chi connectivity index (χ3v) is 4.44. The molecule has 1 aromatic heterocycles. The second-order valence-electron chi connectivity index (χ2n) is 6.64. The molecule has 1 heterocycles. The van der Waals surface area contributed by atoms with E-state index in [1.807, 2.05) is 13.0 Å². The van der Waals surface area contributed by atoms with Gasteiger partial charge < -0.3 is 5.73 Å². The van der Waals surface area contributed by atoms with Crippen LogP contribution in [0.15, 0.2) is 18.2 Å². The van der Waals surface area contributed by atoms with Crippen molar-refractivity contribution in [2.45, 2.75) is 58.5 Å². The Morgan fingerprint density at radius 3 is 2.90 bits per heavy atom. The van der Waals surface area contributed by atoms with Crippen LogP contribution >= 0.6 is 0 Å². The van der Waals surface area contributed by atoms with Crippen LogP contribution in [0.5, 0.6) is 0 Å². The van der Waals surface area contributed by atoms with E-state index in [-0.39, 0.29) is 5.54 Å². The van der Waals surface area contributed by atoms with E-state index in [1.165, 1.54) is 12.8 Å². The molecule has 0 amide bonds. The highest BCUT2D eigenvalue weighted by molar-refractivity contribution is 5.10. The van der Waals surface area contributed by atoms with Crippen LogP contribution in [0.4, 0.5) is 0 Å². The summed E-state index contributed by atoms with van der Waals surface area (Å²) in [4.78, 5) is 7.05. The number of likely N-dealkylation sites (N-methyl/N-ethyl adjacent to an activating group) is 1. The number of nitrogens with two attached hydrogens (primary N) is 1. The molecule has 1 aliphatic rings. The zero-order chi connectivity index (χ0) is 14.6. The number of pyridine rings is 1. The molecule has 0 spiro atoms. The van der Waals surface area contributed by atoms with Crippen molar-refractivity contribution in [3.63, 3.8) is 0 Å². The van der Waals surface area contributed by atoms with E-state index in [4.69, 9.17) is 5.73 Å². The summed E-state index contributed by atoms with van der Waals surface area (Å²) in [6, 6.07) is 6.25. The standard InChI is InChI=1S/C17H29N3/c1-4-20(12-16-9-5-8-15(3)19-16)13-17(18)10-6-7-14(2)11-17/h5,8-9,14H,4,6-7,10-13,18H2,1-3H3. The van der Waals surface area contributed by atoms with Crippen molar-refractivity contribution in [1.29, 1.82) is 0 Å². The predicted octanol–water partition coefficient (Wildman–Crippen LogP) is 3.12. The molecule has 20 heavy (non-hydrogen) atoms. The predicted molar refractivity (Wildman–Crippen MR) is 84.5 cm³/mol. The summed E-state index contributed by atoms with van der Waals surface area (Å²) in [5, 5.41) is 0. The number of hydrogen-bond donors (Lipinski definition) is 1. The van der Waals surface area contributed by atoms with Gasteiger partial charge in [-0.05, 0) is 44.4 Å². The minimum atomic E-state index is -0.00248. The molecule has 0 saturated heterocycles. The number of aryl methyl sites for hydroxylation is 1. The van der Waals surface area contributed by atoms with Crippen molar-refractivity contribution in [3.8, 4) is 0 Å². The lowest BCUT2D eigenvalue weighted by atomic mass is 9.77. The van der Waals surface area contributed by atoms with Gasteiger partial charge in [0.25, 0.3) is 0 Å². The van der Waals surface area contributed by atoms with E-state index in [2.05, 4.69) is 35.9 Å². The van der Waals surface area contributed by atoms with Gasteiger partial charge in [0.15, 0.2) is 0 Å². The van der Waals surface area contributed by atoms with Crippen molar-refractivity contribution in [3.05, 3.63) is 29.6 Å². The maximum absolute atomic E-state index is 6.65. The van der Waals surface area contributed by atoms with Crippen LogP contribution in [0.1, 0.15) is 50.9 Å². The highest BCUT2D eigenvalue weighted by Crippen LogP contribution is 2.31. The Balaban J connectivity index is 1.98. The molecule has 2 atom stereocenters. The summed E-state index contributed by atoms with van der Waals surface area (Å²) < 4.78 is 0. The summed E-state index contributed by atoms with van der Waals surface area (Å²) in [7, 11) is 0. The average molecular weight is 275 g/mol. The fourth-order valence-corrected chi connectivity index (χ4v) is 3.49. The largest absolute Gasteiger partial charge is 0.324 e. The maximum atomic E-state index is 6.65. The lowest BCUT2D eigenvalue weighted by Crippen LogP contribution is -2.52. The lowest BCUT2D eigenvalue weighted by Gasteiger charge is -2.40. The quantitative estimate of drug-likeness (QED) is 0.897. The number of nitrogens with zero attached hydrogens (tertiary/aromatic N) is 2. The molecule has 0 aromatic carbocycles. The van der Waals surface area contributed by atoms with E-state index in [9.17, 15) is 0 Å². The Morgan fingerprint density at radius 1 is 1.45 bits per heavy atom. The number of rotatable bonds is 5. The van der Waals surface area contributed by atoms with Crippen LogP contribution in [-0.2, 0) is 6.54 Å². The molecule has 1 fully saturated rings. The molecular weight excluding hydrogens is 246 g/mol. The monoisotopic (exact) mass is 275 g/mol. The van der Waals surface area contributed by atoms with E-state index < -0.39 is 0 Å². The first-order valence-electron chi connectivity index (χ1n) is 7.94. The highest BCUT2D eigenvalue weighted by Gasteiger charge is 2.32. The molecule has 1 aliphatic carbocycles. The van der Waals surface area contributed by atoms with Gasteiger partial charge in [-0.2, -0.15) is 0 Å². The van der Waals surface area contributed by atoms with Crippen molar-refractivity contribution in [2.75, 3.05) is 13.1 Å². The van der Waals surface area contributed by atoms with Crippen LogP contribution in [0.2, 0.25) is 0 Å². The fourth-order valence-electron chi connectivity index (χ4n) is 3.49. The second kappa shape index (κ2) is 6.68. The molecule has 0 radical (unpaired) electrons. The molecule has 0 aliphatic heterocycles. The van der Waals surface area contributed by atoms with Crippen LogP contribution in [0, 0.1) is 12.8 Å². The minimum absolute atomic E-state index is 0.00248. The van der Waals surface area contributed by atoms with Gasteiger partial charge >= 0.3 is 0 Å². The number of aromatic nitrogens is 1. The fraction of sp³-hybridized carbons (Fsp3) is 0.706. The van der Waals surface area contributed by atoms with E-state index in [0.29, 0.717) is 0 Å². The topological polar surface area (TPSA) is 42.2 Å². The van der Waals surface area contributed by atoms with Crippen LogP contribution in [0.25, 0.3) is 0 Å². The molecule has 2 N–H and O–H groups in total. The molecule has 2 unspecified atom stereocenters. The summed E-state index contributed by atoms with van der Waals surface area (Å²) in [6.07, 6.45) is 4.93. The molecule has 2 rings (SSSR count). The normalized spacial score (nSPS) is 26.9. The first-order valence-corrected chi connectivity index (χ1v) is 7.94. The molecule has 3 nitrogen and oxygen atoms in total. The smallest absolute Gasteiger partial charge is 0.0547 e. The summed E-state index contributed by atoms with van der Waals surface area (Å²) >= 11 is 0. The second-order valence-corrected chi connectivity index (χ2v) is 6.64. The van der Waals surface area contributed by atoms with Crippen LogP contribution in [-0.4, -0.2) is 28.5 Å². The Labute approximate surface area is 123 Å². The van der Waals surface area contributed by atoms with Gasteiger partial charge in [0, 0.05) is 24.3 Å². The van der Waals surface area contributed by atoms with Gasteiger partial charge in [0.05, 0.1) is 5.69 Å². The van der Waals surface area contributed by atoms with E-state index in [1.54, 1.807) is 0 Å². The van der Waals surface area contributed by atoms with Gasteiger partial charge in [-0.3, -0.25) is 9.88 Å². The SMILES string of the molecule is CCN(Cc1cccc(C)n1)CC1(N)CCCC(C)C1. The molecule has 1 saturated carbocycles. The van der Waals surface area contributed by atoms with Gasteiger partial charge in [-0.15, -0.1) is 0 Å². The lowest BCUT2D eigenvalue weighted by molar-refractivity contribution is 0.149. The third kappa shape index (κ3) is 4.29. The minimum Gasteiger partial charge on any atom is -0.324 e. The highest BCUT2D eigenvalue weighted by atomic mass is 15.1. The Bertz CT molecular complexity index is 432. The zero-order valence-electron chi connectivity index (χ0n) is 13.2. The Hall–Kier alpha value is -0.930. The van der Waals surface area contributed by atoms with E-state index in [0.717, 1.165) is 49.8 Å². The van der Waals surface area contributed by atoms with E-state index >= 15 is 0 Å². The molecule has 0 bridgehead atoms. The summed E-state index contributed by atoms with van der Waals surface area (Å²) in [6.45, 7) is 9.52. The van der Waals surface area contributed by atoms with Crippen molar-refractivity contribution >= 4 is 0 Å². The van der Waals surface area contributed by atoms with Crippen LogP contribution < -0.4 is 5.73 Å². The zero-order valence-corrected chi connectivity index (χ0v) is 13.2. The van der Waals surface area contributed by atoms with Crippen molar-refractivity contribution in [2.24, 2.45) is 11.7 Å². The Morgan fingerprint density at radius 2 is 2.25 bits per heavy atom. The molecule has 1 aromatic rings. The van der Waals surface area contributed by atoms with Gasteiger partial charge in [0.1, 0.15) is 0 Å². The van der Waals surface area contributed by atoms with Crippen molar-refractivity contribution < 1.29 is 0 Å². The van der Waals surface area contributed by atoms with Crippen LogP contribution in [0.3, 0.4) is 0 Å². The maximum Gasteiger partial charge on any atom is 0.0547 e. The van der Waals surface area contributed by atoms with Gasteiger partial charge in [-0.1, -0.05) is 32.8 Å². The van der Waals surface area contributed by atoms with Crippen molar-refractivity contribution in [1.82, 2.24) is 9.88 Å². The average Bonchev–Trinajstić information content (AvgIpc) is 2.37. The Kier molecular flexibility index (Phi) is 5.17. The molecular formula is C17H29N3. The number of hydrogen-bond acceptors (Lipinski definition) is 3. The van der Waals surface area contributed by atoms with Gasteiger partial charge in [0.2, 0.25) is 0 Å². The van der Waals surface area contributed by atoms with Gasteiger partial charge in [-0.25, -0.2) is 0 Å². The third-order valence-electron chi connectivity index (χ3n) is 4.44. The summed E-state index contributed by atoms with van der Waals surface area (Å²) in [5.74, 6) is 0.768. The first kappa shape index (κ1) is 15.5. The molecule has 3 heteroatoms.